The summed E-state index contributed by atoms with van der Waals surface area (Å²) >= 11 is 8.50. The summed E-state index contributed by atoms with van der Waals surface area (Å²) in [6, 6.07) is 3.90. The summed E-state index contributed by atoms with van der Waals surface area (Å²) in [7, 11) is 0. The zero-order valence-electron chi connectivity index (χ0n) is 8.15. The number of nitrogens with zero attached hydrogens (tertiary/aromatic N) is 1. The second-order valence-electron chi connectivity index (χ2n) is 3.18. The molecule has 0 bridgehead atoms. The fourth-order valence-electron chi connectivity index (χ4n) is 1.41. The van der Waals surface area contributed by atoms with Crippen LogP contribution in [0.1, 0.15) is 17.3 Å². The van der Waals surface area contributed by atoms with Crippen LogP contribution >= 0.6 is 43.2 Å². The Hall–Kier alpha value is -0.270. The molecule has 1 atom stereocenters. The maximum absolute atomic E-state index is 5.59. The van der Waals surface area contributed by atoms with Crippen LogP contribution in [0.25, 0.3) is 0 Å². The number of hydrazine groups is 1. The van der Waals surface area contributed by atoms with Crippen LogP contribution in [-0.4, -0.2) is 4.98 Å². The van der Waals surface area contributed by atoms with Crippen LogP contribution in [0.5, 0.6) is 0 Å². The third-order valence-electron chi connectivity index (χ3n) is 2.15. The minimum atomic E-state index is -0.0891. The first-order chi connectivity index (χ1) is 7.72. The number of pyridine rings is 1. The van der Waals surface area contributed by atoms with Gasteiger partial charge in [-0.2, -0.15) is 11.3 Å². The van der Waals surface area contributed by atoms with Crippen molar-refractivity contribution in [3.05, 3.63) is 49.3 Å². The second-order valence-corrected chi connectivity index (χ2v) is 5.73. The average molecular weight is 363 g/mol. The van der Waals surface area contributed by atoms with Gasteiger partial charge >= 0.3 is 0 Å². The summed E-state index contributed by atoms with van der Waals surface area (Å²) in [4.78, 5) is 4.37. The van der Waals surface area contributed by atoms with E-state index in [2.05, 4.69) is 47.6 Å². The fourth-order valence-corrected chi connectivity index (χ4v) is 3.31. The molecule has 2 aromatic heterocycles. The number of aromatic nitrogens is 1. The van der Waals surface area contributed by atoms with Crippen molar-refractivity contribution in [1.29, 1.82) is 0 Å². The lowest BCUT2D eigenvalue weighted by Gasteiger charge is -2.15. The summed E-state index contributed by atoms with van der Waals surface area (Å²) < 4.78 is 1.86. The van der Waals surface area contributed by atoms with Gasteiger partial charge in [0, 0.05) is 15.1 Å². The summed E-state index contributed by atoms with van der Waals surface area (Å²) in [5, 5.41) is 4.08. The van der Waals surface area contributed by atoms with Crippen LogP contribution in [-0.2, 0) is 0 Å². The van der Waals surface area contributed by atoms with Crippen molar-refractivity contribution < 1.29 is 0 Å². The fraction of sp³-hybridized carbons (Fsp3) is 0.100. The highest BCUT2D eigenvalue weighted by Crippen LogP contribution is 2.29. The zero-order chi connectivity index (χ0) is 11.5. The maximum atomic E-state index is 5.59. The van der Waals surface area contributed by atoms with Crippen molar-refractivity contribution in [3.63, 3.8) is 0 Å². The van der Waals surface area contributed by atoms with E-state index < -0.39 is 0 Å². The standard InChI is InChI=1S/C10H9Br2N3S/c11-7-3-8(12)10(14-4-7)9(15-13)6-1-2-16-5-6/h1-5,9,15H,13H2. The lowest BCUT2D eigenvalue weighted by Crippen LogP contribution is -2.29. The number of halogens is 2. The van der Waals surface area contributed by atoms with Crippen LogP contribution in [0.15, 0.2) is 38.0 Å². The quantitative estimate of drug-likeness (QED) is 0.651. The second kappa shape index (κ2) is 5.37. The molecule has 1 unspecified atom stereocenters. The number of rotatable bonds is 3. The van der Waals surface area contributed by atoms with Crippen molar-refractivity contribution in [2.24, 2.45) is 5.84 Å². The first-order valence-electron chi connectivity index (χ1n) is 4.51. The van der Waals surface area contributed by atoms with Gasteiger partial charge in [-0.25, -0.2) is 5.43 Å². The van der Waals surface area contributed by atoms with Gasteiger partial charge in [-0.3, -0.25) is 10.8 Å². The predicted octanol–water partition coefficient (Wildman–Crippen LogP) is 3.22. The Balaban J connectivity index is 2.41. The van der Waals surface area contributed by atoms with Crippen LogP contribution in [0.2, 0.25) is 0 Å². The molecule has 84 valence electrons. The van der Waals surface area contributed by atoms with Gasteiger partial charge in [-0.05, 0) is 60.3 Å². The van der Waals surface area contributed by atoms with Crippen molar-refractivity contribution in [1.82, 2.24) is 10.4 Å². The molecule has 16 heavy (non-hydrogen) atoms. The monoisotopic (exact) mass is 361 g/mol. The first kappa shape index (κ1) is 12.2. The van der Waals surface area contributed by atoms with E-state index in [1.165, 1.54) is 0 Å². The highest BCUT2D eigenvalue weighted by molar-refractivity contribution is 9.11. The zero-order valence-corrected chi connectivity index (χ0v) is 12.1. The summed E-state index contributed by atoms with van der Waals surface area (Å²) in [5.41, 5.74) is 4.77. The van der Waals surface area contributed by atoms with Gasteiger partial charge in [-0.1, -0.05) is 0 Å². The minimum Gasteiger partial charge on any atom is -0.271 e. The summed E-state index contributed by atoms with van der Waals surface area (Å²) in [6.07, 6.45) is 1.76. The van der Waals surface area contributed by atoms with E-state index in [-0.39, 0.29) is 6.04 Å². The lowest BCUT2D eigenvalue weighted by atomic mass is 10.1. The average Bonchev–Trinajstić information content (AvgIpc) is 2.75. The van der Waals surface area contributed by atoms with Crippen molar-refractivity contribution in [3.8, 4) is 0 Å². The summed E-state index contributed by atoms with van der Waals surface area (Å²) in [5.74, 6) is 5.59. The van der Waals surface area contributed by atoms with E-state index in [1.54, 1.807) is 17.5 Å². The number of thiophene rings is 1. The van der Waals surface area contributed by atoms with E-state index in [9.17, 15) is 0 Å². The third kappa shape index (κ3) is 2.52. The minimum absolute atomic E-state index is 0.0891. The van der Waals surface area contributed by atoms with Crippen molar-refractivity contribution in [2.45, 2.75) is 6.04 Å². The Morgan fingerprint density at radius 1 is 1.44 bits per heavy atom. The topological polar surface area (TPSA) is 50.9 Å². The van der Waals surface area contributed by atoms with Crippen LogP contribution in [0.4, 0.5) is 0 Å². The molecule has 3 nitrogen and oxygen atoms in total. The molecule has 2 rings (SSSR count). The Labute approximate surface area is 114 Å². The van der Waals surface area contributed by atoms with Gasteiger partial charge < -0.3 is 0 Å². The molecular formula is C10H9Br2N3S. The van der Waals surface area contributed by atoms with E-state index in [0.717, 1.165) is 20.2 Å². The highest BCUT2D eigenvalue weighted by atomic mass is 79.9. The number of hydrogen-bond acceptors (Lipinski definition) is 4. The van der Waals surface area contributed by atoms with Crippen LogP contribution < -0.4 is 11.3 Å². The molecule has 3 N–H and O–H groups in total. The largest absolute Gasteiger partial charge is 0.271 e. The Kier molecular flexibility index (Phi) is 4.10. The van der Waals surface area contributed by atoms with Gasteiger partial charge in [0.2, 0.25) is 0 Å². The van der Waals surface area contributed by atoms with Gasteiger partial charge in [0.15, 0.2) is 0 Å². The predicted molar refractivity (Wildman–Crippen MR) is 73.1 cm³/mol. The SMILES string of the molecule is NNC(c1ccsc1)c1ncc(Br)cc1Br. The molecule has 2 heterocycles. The number of nitrogens with one attached hydrogen (secondary N) is 1. The van der Waals surface area contributed by atoms with E-state index in [4.69, 9.17) is 5.84 Å². The van der Waals surface area contributed by atoms with Gasteiger partial charge in [0.1, 0.15) is 0 Å². The Bertz CT molecular complexity index is 473. The summed E-state index contributed by atoms with van der Waals surface area (Å²) in [6.45, 7) is 0. The highest BCUT2D eigenvalue weighted by Gasteiger charge is 2.17. The molecular weight excluding hydrogens is 354 g/mol. The molecule has 0 fully saturated rings. The molecule has 0 aliphatic heterocycles. The van der Waals surface area contributed by atoms with E-state index in [1.807, 2.05) is 17.5 Å². The Morgan fingerprint density at radius 2 is 2.25 bits per heavy atom. The molecule has 0 aliphatic carbocycles. The molecule has 0 spiro atoms. The molecule has 0 radical (unpaired) electrons. The molecule has 0 aliphatic rings. The normalized spacial score (nSPS) is 12.7. The molecule has 6 heteroatoms. The van der Waals surface area contributed by atoms with Crippen molar-refractivity contribution >= 4 is 43.2 Å². The van der Waals surface area contributed by atoms with E-state index >= 15 is 0 Å². The maximum Gasteiger partial charge on any atom is 0.0900 e. The first-order valence-corrected chi connectivity index (χ1v) is 7.04. The molecule has 0 saturated heterocycles. The molecule has 0 saturated carbocycles. The van der Waals surface area contributed by atoms with Crippen molar-refractivity contribution in [2.75, 3.05) is 0 Å². The van der Waals surface area contributed by atoms with Crippen LogP contribution in [0, 0.1) is 0 Å². The third-order valence-corrected chi connectivity index (χ3v) is 3.92. The molecule has 0 amide bonds. The number of nitrogens with two attached hydrogens (primary N) is 1. The van der Waals surface area contributed by atoms with Gasteiger partial charge in [0.05, 0.1) is 11.7 Å². The van der Waals surface area contributed by atoms with E-state index in [0.29, 0.717) is 0 Å². The lowest BCUT2D eigenvalue weighted by molar-refractivity contribution is 0.619. The van der Waals surface area contributed by atoms with Gasteiger partial charge in [0.25, 0.3) is 0 Å². The number of hydrogen-bond donors (Lipinski definition) is 2. The molecule has 2 aromatic rings. The molecule has 0 aromatic carbocycles. The van der Waals surface area contributed by atoms with Crippen LogP contribution in [0.3, 0.4) is 0 Å². The van der Waals surface area contributed by atoms with Gasteiger partial charge in [-0.15, -0.1) is 0 Å². The smallest absolute Gasteiger partial charge is 0.0900 e. The Morgan fingerprint density at radius 3 is 2.81 bits per heavy atom.